The van der Waals surface area contributed by atoms with Crippen LogP contribution in [0.15, 0.2) is 85.1 Å². The fourth-order valence-corrected chi connectivity index (χ4v) is 4.74. The molecule has 1 aliphatic rings. The van der Waals surface area contributed by atoms with Crippen LogP contribution in [0.5, 0.6) is 0 Å². The van der Waals surface area contributed by atoms with Crippen molar-refractivity contribution >= 4 is 40.6 Å². The normalized spacial score (nSPS) is 12.7. The minimum atomic E-state index is -0.237. The Morgan fingerprint density at radius 1 is 0.872 bits per heavy atom. The predicted octanol–water partition coefficient (Wildman–Crippen LogP) is 6.74. The molecule has 0 aliphatic carbocycles. The van der Waals surface area contributed by atoms with E-state index in [-0.39, 0.29) is 17.6 Å². The van der Waals surface area contributed by atoms with Crippen molar-refractivity contribution in [1.82, 2.24) is 4.98 Å². The van der Waals surface area contributed by atoms with Gasteiger partial charge >= 0.3 is 0 Å². The molecule has 0 saturated carbocycles. The predicted molar refractivity (Wildman–Crippen MR) is 155 cm³/mol. The number of fused-ring (bicyclic) bond motifs is 1. The molecule has 0 spiro atoms. The molecule has 0 bridgehead atoms. The van der Waals surface area contributed by atoms with Crippen molar-refractivity contribution in [1.29, 1.82) is 0 Å². The van der Waals surface area contributed by atoms with E-state index in [0.717, 1.165) is 28.0 Å². The fraction of sp³-hybridized carbons (Fsp3) is 0.152. The highest BCUT2D eigenvalue weighted by molar-refractivity contribution is 6.09. The van der Waals surface area contributed by atoms with Crippen molar-refractivity contribution in [2.24, 2.45) is 0 Å². The molecule has 6 heteroatoms. The standard InChI is InChI=1S/C33H29N3O3/c1-21-18-30(22(2)34-20-21)32(38)35-29-14-12-26(13-15-29)33(39)36-17-16-27(19-28-6-4-5-7-31(28)36)25-10-8-24(9-11-25)23(3)37/h4-15,18-20H,16-17H2,1-3H3,(H,35,38). The molecule has 5 rings (SSSR count). The van der Waals surface area contributed by atoms with Gasteiger partial charge in [0, 0.05) is 35.2 Å². The molecular formula is C33H29N3O3. The Bertz CT molecular complexity index is 1600. The number of benzene rings is 3. The third kappa shape index (κ3) is 5.55. The number of aryl methyl sites for hydroxylation is 2. The Kier molecular flexibility index (Phi) is 7.19. The number of ketones is 1. The van der Waals surface area contributed by atoms with E-state index in [1.165, 1.54) is 0 Å². The largest absolute Gasteiger partial charge is 0.322 e. The number of amides is 2. The average molecular weight is 516 g/mol. The van der Waals surface area contributed by atoms with Crippen LogP contribution in [-0.2, 0) is 0 Å². The molecule has 2 heterocycles. The molecule has 6 nitrogen and oxygen atoms in total. The van der Waals surface area contributed by atoms with Crippen LogP contribution in [0.1, 0.15) is 66.8 Å². The molecule has 1 N–H and O–H groups in total. The summed E-state index contributed by atoms with van der Waals surface area (Å²) in [5.74, 6) is -0.314. The van der Waals surface area contributed by atoms with Gasteiger partial charge in [0.2, 0.25) is 0 Å². The Morgan fingerprint density at radius 3 is 2.28 bits per heavy atom. The number of Topliss-reactive ketones (excluding diaryl/α,β-unsaturated/α-hetero) is 1. The first-order chi connectivity index (χ1) is 18.8. The summed E-state index contributed by atoms with van der Waals surface area (Å²) in [7, 11) is 0. The van der Waals surface area contributed by atoms with Crippen molar-refractivity contribution in [3.05, 3.63) is 124 Å². The number of hydrogen-bond donors (Lipinski definition) is 1. The molecule has 1 aliphatic heterocycles. The number of pyridine rings is 1. The lowest BCUT2D eigenvalue weighted by molar-refractivity contribution is 0.0984. The summed E-state index contributed by atoms with van der Waals surface area (Å²) in [6.45, 7) is 5.76. The molecule has 0 radical (unpaired) electrons. The second-order valence-electron chi connectivity index (χ2n) is 9.75. The minimum absolute atomic E-state index is 0.0337. The lowest BCUT2D eigenvalue weighted by atomic mass is 9.99. The van der Waals surface area contributed by atoms with Crippen LogP contribution in [0.2, 0.25) is 0 Å². The zero-order chi connectivity index (χ0) is 27.5. The molecule has 0 saturated heterocycles. The first-order valence-corrected chi connectivity index (χ1v) is 12.9. The number of aromatic nitrogens is 1. The van der Waals surface area contributed by atoms with E-state index >= 15 is 0 Å². The number of carbonyl (C=O) groups excluding carboxylic acids is 3. The van der Waals surface area contributed by atoms with Gasteiger partial charge in [0.1, 0.15) is 0 Å². The second kappa shape index (κ2) is 10.9. The Balaban J connectivity index is 1.35. The van der Waals surface area contributed by atoms with Gasteiger partial charge in [0.05, 0.1) is 11.3 Å². The summed E-state index contributed by atoms with van der Waals surface area (Å²) >= 11 is 0. The van der Waals surface area contributed by atoms with Crippen molar-refractivity contribution in [2.75, 3.05) is 16.8 Å². The lowest BCUT2D eigenvalue weighted by Gasteiger charge is -2.23. The number of anilines is 2. The molecule has 194 valence electrons. The third-order valence-electron chi connectivity index (χ3n) is 6.93. The van der Waals surface area contributed by atoms with E-state index in [1.807, 2.05) is 61.5 Å². The zero-order valence-electron chi connectivity index (χ0n) is 22.2. The summed E-state index contributed by atoms with van der Waals surface area (Å²) in [5.41, 5.74) is 7.85. The Morgan fingerprint density at radius 2 is 1.56 bits per heavy atom. The molecular weight excluding hydrogens is 486 g/mol. The highest BCUT2D eigenvalue weighted by Crippen LogP contribution is 2.33. The van der Waals surface area contributed by atoms with Crippen LogP contribution in [0.25, 0.3) is 11.6 Å². The second-order valence-corrected chi connectivity index (χ2v) is 9.75. The van der Waals surface area contributed by atoms with E-state index in [9.17, 15) is 14.4 Å². The average Bonchev–Trinajstić information content (AvgIpc) is 3.14. The molecule has 3 aromatic carbocycles. The highest BCUT2D eigenvalue weighted by Gasteiger charge is 2.23. The molecule has 0 unspecified atom stereocenters. The smallest absolute Gasteiger partial charge is 0.258 e. The zero-order valence-corrected chi connectivity index (χ0v) is 22.2. The van der Waals surface area contributed by atoms with Gasteiger partial charge in [-0.25, -0.2) is 0 Å². The van der Waals surface area contributed by atoms with Gasteiger partial charge in [-0.15, -0.1) is 0 Å². The molecule has 0 atom stereocenters. The Hall–Kier alpha value is -4.84. The summed E-state index contributed by atoms with van der Waals surface area (Å²) in [5, 5.41) is 2.90. The van der Waals surface area contributed by atoms with E-state index in [1.54, 1.807) is 49.2 Å². The monoisotopic (exact) mass is 515 g/mol. The van der Waals surface area contributed by atoms with E-state index in [4.69, 9.17) is 0 Å². The number of nitrogens with one attached hydrogen (secondary N) is 1. The fourth-order valence-electron chi connectivity index (χ4n) is 4.74. The van der Waals surface area contributed by atoms with Gasteiger partial charge in [0.25, 0.3) is 11.8 Å². The maximum Gasteiger partial charge on any atom is 0.258 e. The SMILES string of the molecule is CC(=O)c1ccc(C2=Cc3ccccc3N(C(=O)c3ccc(NC(=O)c4cc(C)cnc4C)cc3)CC2)cc1. The van der Waals surface area contributed by atoms with Crippen molar-refractivity contribution in [3.8, 4) is 0 Å². The molecule has 2 amide bonds. The van der Waals surface area contributed by atoms with Gasteiger partial charge < -0.3 is 10.2 Å². The quantitative estimate of drug-likeness (QED) is 0.298. The van der Waals surface area contributed by atoms with Crippen LogP contribution in [0.3, 0.4) is 0 Å². The summed E-state index contributed by atoms with van der Waals surface area (Å²) < 4.78 is 0. The molecule has 1 aromatic heterocycles. The topological polar surface area (TPSA) is 79.4 Å². The minimum Gasteiger partial charge on any atom is -0.322 e. The van der Waals surface area contributed by atoms with E-state index < -0.39 is 0 Å². The first kappa shape index (κ1) is 25.8. The van der Waals surface area contributed by atoms with Gasteiger partial charge in [-0.05, 0) is 91.9 Å². The van der Waals surface area contributed by atoms with Crippen molar-refractivity contribution in [2.45, 2.75) is 27.2 Å². The number of para-hydroxylation sites is 1. The summed E-state index contributed by atoms with van der Waals surface area (Å²) in [6.07, 6.45) is 4.51. The van der Waals surface area contributed by atoms with Crippen LogP contribution in [-0.4, -0.2) is 29.1 Å². The summed E-state index contributed by atoms with van der Waals surface area (Å²) in [4.78, 5) is 44.2. The van der Waals surface area contributed by atoms with Gasteiger partial charge in [-0.2, -0.15) is 0 Å². The third-order valence-corrected chi connectivity index (χ3v) is 6.93. The van der Waals surface area contributed by atoms with Gasteiger partial charge in [0.15, 0.2) is 5.78 Å². The Labute approximate surface area is 228 Å². The molecule has 39 heavy (non-hydrogen) atoms. The highest BCUT2D eigenvalue weighted by atomic mass is 16.2. The van der Waals surface area contributed by atoms with Gasteiger partial charge in [-0.3, -0.25) is 19.4 Å². The maximum atomic E-state index is 13.7. The van der Waals surface area contributed by atoms with Crippen LogP contribution >= 0.6 is 0 Å². The number of rotatable bonds is 5. The lowest BCUT2D eigenvalue weighted by Crippen LogP contribution is -2.32. The maximum absolute atomic E-state index is 13.7. The van der Waals surface area contributed by atoms with Crippen molar-refractivity contribution in [3.63, 3.8) is 0 Å². The van der Waals surface area contributed by atoms with Crippen molar-refractivity contribution < 1.29 is 14.4 Å². The molecule has 4 aromatic rings. The molecule has 0 fully saturated rings. The number of carbonyl (C=O) groups is 3. The first-order valence-electron chi connectivity index (χ1n) is 12.9. The summed E-state index contributed by atoms with van der Waals surface area (Å²) in [6, 6.07) is 24.2. The van der Waals surface area contributed by atoms with Gasteiger partial charge in [-0.1, -0.05) is 42.5 Å². The number of nitrogens with zero attached hydrogens (tertiary/aromatic N) is 2. The van der Waals surface area contributed by atoms with Crippen LogP contribution in [0.4, 0.5) is 11.4 Å². The van der Waals surface area contributed by atoms with Crippen LogP contribution < -0.4 is 10.2 Å². The van der Waals surface area contributed by atoms with E-state index in [0.29, 0.717) is 41.0 Å². The number of hydrogen-bond acceptors (Lipinski definition) is 4. The van der Waals surface area contributed by atoms with Crippen LogP contribution in [0, 0.1) is 13.8 Å². The van der Waals surface area contributed by atoms with E-state index in [2.05, 4.69) is 16.4 Å².